The average molecular weight is 358 g/mol. The van der Waals surface area contributed by atoms with Crippen LogP contribution in [0.4, 0.5) is 0 Å². The second kappa shape index (κ2) is 9.17. The molecule has 0 fully saturated rings. The Morgan fingerprint density at radius 3 is 2.70 bits per heavy atom. The van der Waals surface area contributed by atoms with Gasteiger partial charge in [-0.2, -0.15) is 0 Å². The van der Waals surface area contributed by atoms with Gasteiger partial charge >= 0.3 is 0 Å². The lowest BCUT2D eigenvalue weighted by molar-refractivity contribution is 0.516. The zero-order valence-electron chi connectivity index (χ0n) is 13.2. The minimum Gasteiger partial charge on any atom is -0.329 e. The highest BCUT2D eigenvalue weighted by molar-refractivity contribution is 7.88. The first kappa shape index (κ1) is 19.8. The summed E-state index contributed by atoms with van der Waals surface area (Å²) in [5, 5.41) is 0.941. The van der Waals surface area contributed by atoms with Gasteiger partial charge < -0.3 is 5.73 Å². The summed E-state index contributed by atoms with van der Waals surface area (Å²) in [4.78, 5) is 4.30. The van der Waals surface area contributed by atoms with Crippen LogP contribution in [0.3, 0.4) is 0 Å². The van der Waals surface area contributed by atoms with E-state index in [2.05, 4.69) is 16.6 Å². The summed E-state index contributed by atoms with van der Waals surface area (Å²) in [6.07, 6.45) is 4.42. The maximum atomic E-state index is 12.4. The van der Waals surface area contributed by atoms with Crippen molar-refractivity contribution in [3.63, 3.8) is 0 Å². The van der Waals surface area contributed by atoms with Crippen molar-refractivity contribution in [2.45, 2.75) is 38.0 Å². The van der Waals surface area contributed by atoms with Crippen LogP contribution in [0.15, 0.2) is 36.5 Å². The number of benzene rings is 1. The predicted octanol–water partition coefficient (Wildman–Crippen LogP) is 2.59. The van der Waals surface area contributed by atoms with Gasteiger partial charge in [0.25, 0.3) is 0 Å². The minimum atomic E-state index is -3.44. The average Bonchev–Trinajstić information content (AvgIpc) is 2.51. The molecule has 1 aromatic heterocycles. The number of hydrogen-bond acceptors (Lipinski definition) is 4. The number of nitrogens with one attached hydrogen (secondary N) is 1. The van der Waals surface area contributed by atoms with Crippen LogP contribution in [0.25, 0.3) is 10.9 Å². The third-order valence-electron chi connectivity index (χ3n) is 3.60. The Bertz CT molecular complexity index is 717. The Morgan fingerprint density at radius 1 is 1.26 bits per heavy atom. The van der Waals surface area contributed by atoms with Gasteiger partial charge in [-0.05, 0) is 18.1 Å². The standard InChI is InChI=1S/C16H23N3O2S.ClH/c1-2-3-9-15(11-17)19-22(20,21)12-14-7-4-6-13-8-5-10-18-16(13)14;/h4-8,10,15,19H,2-3,9,11-12,17H2,1H3;1H. The van der Waals surface area contributed by atoms with E-state index < -0.39 is 10.0 Å². The largest absolute Gasteiger partial charge is 0.329 e. The van der Waals surface area contributed by atoms with Crippen LogP contribution in [-0.2, 0) is 15.8 Å². The van der Waals surface area contributed by atoms with Crippen molar-refractivity contribution in [3.05, 3.63) is 42.1 Å². The summed E-state index contributed by atoms with van der Waals surface area (Å²) in [5.41, 5.74) is 7.10. The van der Waals surface area contributed by atoms with E-state index in [1.54, 1.807) is 12.3 Å². The van der Waals surface area contributed by atoms with E-state index in [-0.39, 0.29) is 24.2 Å². The third kappa shape index (κ3) is 5.73. The van der Waals surface area contributed by atoms with Crippen LogP contribution >= 0.6 is 12.4 Å². The fourth-order valence-electron chi connectivity index (χ4n) is 2.46. The topological polar surface area (TPSA) is 85.1 Å². The first-order valence-corrected chi connectivity index (χ1v) is 9.23. The zero-order chi connectivity index (χ0) is 16.0. The molecule has 128 valence electrons. The van der Waals surface area contributed by atoms with Gasteiger partial charge in [-0.25, -0.2) is 13.1 Å². The smallest absolute Gasteiger partial charge is 0.216 e. The van der Waals surface area contributed by atoms with Crippen LogP contribution in [0.1, 0.15) is 31.7 Å². The first-order valence-electron chi connectivity index (χ1n) is 7.58. The molecule has 23 heavy (non-hydrogen) atoms. The van der Waals surface area contributed by atoms with Gasteiger partial charge in [0.1, 0.15) is 0 Å². The maximum absolute atomic E-state index is 12.4. The monoisotopic (exact) mass is 357 g/mol. The number of fused-ring (bicyclic) bond motifs is 1. The van der Waals surface area contributed by atoms with Crippen molar-refractivity contribution in [2.24, 2.45) is 5.73 Å². The summed E-state index contributed by atoms with van der Waals surface area (Å²) in [7, 11) is -3.44. The number of pyridine rings is 1. The summed E-state index contributed by atoms with van der Waals surface area (Å²) >= 11 is 0. The van der Waals surface area contributed by atoms with Crippen molar-refractivity contribution in [2.75, 3.05) is 6.54 Å². The highest BCUT2D eigenvalue weighted by Gasteiger charge is 2.18. The molecule has 3 N–H and O–H groups in total. The summed E-state index contributed by atoms with van der Waals surface area (Å²) < 4.78 is 27.5. The molecule has 1 aromatic carbocycles. The Balaban J connectivity index is 0.00000264. The summed E-state index contributed by atoms with van der Waals surface area (Å²) in [6, 6.07) is 9.15. The van der Waals surface area contributed by atoms with Crippen LogP contribution in [0.5, 0.6) is 0 Å². The van der Waals surface area contributed by atoms with E-state index >= 15 is 0 Å². The molecule has 0 aliphatic carbocycles. The van der Waals surface area contributed by atoms with Crippen molar-refractivity contribution in [1.29, 1.82) is 0 Å². The number of halogens is 1. The number of rotatable bonds is 8. The molecule has 0 aliphatic rings. The Labute approximate surface area is 144 Å². The quantitative estimate of drug-likeness (QED) is 0.760. The molecular weight excluding hydrogens is 334 g/mol. The molecule has 1 atom stereocenters. The van der Waals surface area contributed by atoms with Gasteiger partial charge in [0.2, 0.25) is 10.0 Å². The van der Waals surface area contributed by atoms with Crippen molar-refractivity contribution < 1.29 is 8.42 Å². The number of sulfonamides is 1. The Morgan fingerprint density at radius 2 is 2.00 bits per heavy atom. The number of nitrogens with zero attached hydrogens (tertiary/aromatic N) is 1. The molecule has 0 amide bonds. The van der Waals surface area contributed by atoms with Crippen molar-refractivity contribution in [3.8, 4) is 0 Å². The third-order valence-corrected chi connectivity index (χ3v) is 4.98. The van der Waals surface area contributed by atoms with E-state index in [1.807, 2.05) is 24.3 Å². The van der Waals surface area contributed by atoms with E-state index in [0.717, 1.165) is 30.2 Å². The second-order valence-corrected chi connectivity index (χ2v) is 7.20. The highest BCUT2D eigenvalue weighted by atomic mass is 35.5. The number of nitrogens with two attached hydrogens (primary N) is 1. The molecule has 2 aromatic rings. The van der Waals surface area contributed by atoms with E-state index in [4.69, 9.17) is 5.73 Å². The van der Waals surface area contributed by atoms with Crippen molar-refractivity contribution in [1.82, 2.24) is 9.71 Å². The lowest BCUT2D eigenvalue weighted by Gasteiger charge is -2.17. The molecule has 1 unspecified atom stereocenters. The Hall–Kier alpha value is -1.21. The normalized spacial score (nSPS) is 12.8. The number of aromatic nitrogens is 1. The van der Waals surface area contributed by atoms with Crippen LogP contribution in [0.2, 0.25) is 0 Å². The van der Waals surface area contributed by atoms with Gasteiger partial charge in [0.05, 0.1) is 11.3 Å². The van der Waals surface area contributed by atoms with Gasteiger partial charge in [0.15, 0.2) is 0 Å². The Kier molecular flexibility index (Phi) is 7.91. The molecule has 0 saturated carbocycles. The second-order valence-electron chi connectivity index (χ2n) is 5.44. The van der Waals surface area contributed by atoms with Gasteiger partial charge in [0, 0.05) is 24.2 Å². The number of para-hydroxylation sites is 1. The maximum Gasteiger partial charge on any atom is 0.216 e. The van der Waals surface area contributed by atoms with Crippen LogP contribution in [0, 0.1) is 0 Å². The molecule has 0 spiro atoms. The van der Waals surface area contributed by atoms with Gasteiger partial charge in [-0.1, -0.05) is 44.0 Å². The lowest BCUT2D eigenvalue weighted by Crippen LogP contribution is -2.40. The van der Waals surface area contributed by atoms with E-state index in [0.29, 0.717) is 12.1 Å². The SMILES string of the molecule is CCCCC(CN)NS(=O)(=O)Cc1cccc2cccnc12.Cl. The molecule has 0 saturated heterocycles. The van der Waals surface area contributed by atoms with E-state index in [9.17, 15) is 8.42 Å². The first-order chi connectivity index (χ1) is 10.6. The fourth-order valence-corrected chi connectivity index (χ4v) is 3.91. The predicted molar refractivity (Wildman–Crippen MR) is 97.1 cm³/mol. The molecule has 2 rings (SSSR count). The molecule has 1 heterocycles. The fraction of sp³-hybridized carbons (Fsp3) is 0.438. The van der Waals surface area contributed by atoms with Crippen LogP contribution in [-0.4, -0.2) is 26.0 Å². The molecular formula is C16H24ClN3O2S. The van der Waals surface area contributed by atoms with Crippen molar-refractivity contribution >= 4 is 33.3 Å². The summed E-state index contributed by atoms with van der Waals surface area (Å²) in [5.74, 6) is -0.0794. The van der Waals surface area contributed by atoms with Crippen LogP contribution < -0.4 is 10.5 Å². The van der Waals surface area contributed by atoms with E-state index in [1.165, 1.54) is 0 Å². The number of hydrogen-bond donors (Lipinski definition) is 2. The summed E-state index contributed by atoms with van der Waals surface area (Å²) in [6.45, 7) is 2.39. The van der Waals surface area contributed by atoms with Gasteiger partial charge in [-0.3, -0.25) is 4.98 Å². The zero-order valence-corrected chi connectivity index (χ0v) is 14.9. The number of unbranched alkanes of at least 4 members (excludes halogenated alkanes) is 1. The molecule has 5 nitrogen and oxygen atoms in total. The molecule has 0 radical (unpaired) electrons. The lowest BCUT2D eigenvalue weighted by atomic mass is 10.1. The molecule has 7 heteroatoms. The highest BCUT2D eigenvalue weighted by Crippen LogP contribution is 2.18. The molecule has 0 aliphatic heterocycles. The van der Waals surface area contributed by atoms with Gasteiger partial charge in [-0.15, -0.1) is 12.4 Å². The molecule has 0 bridgehead atoms. The minimum absolute atomic E-state index is 0.